The Bertz CT molecular complexity index is 662. The van der Waals surface area contributed by atoms with Gasteiger partial charge in [0, 0.05) is 31.2 Å². The zero-order chi connectivity index (χ0) is 16.2. The van der Waals surface area contributed by atoms with E-state index in [0.29, 0.717) is 18.7 Å². The molecule has 24 heavy (non-hydrogen) atoms. The molecule has 126 valence electrons. The number of para-hydroxylation sites is 1. The van der Waals surface area contributed by atoms with Gasteiger partial charge >= 0.3 is 0 Å². The number of hydrogen-bond acceptors (Lipinski definition) is 4. The Hall–Kier alpha value is -1.88. The molecule has 4 nitrogen and oxygen atoms in total. The molecule has 0 amide bonds. The van der Waals surface area contributed by atoms with Crippen molar-refractivity contribution >= 4 is 0 Å². The number of nitrogens with zero attached hydrogens (tertiary/aromatic N) is 1. The molecule has 4 rings (SSSR count). The fourth-order valence-electron chi connectivity index (χ4n) is 3.58. The minimum absolute atomic E-state index is 0.469. The highest BCUT2D eigenvalue weighted by Crippen LogP contribution is 2.25. The van der Waals surface area contributed by atoms with Gasteiger partial charge in [-0.05, 0) is 11.6 Å². The second-order valence-corrected chi connectivity index (χ2v) is 6.52. The van der Waals surface area contributed by atoms with Crippen LogP contribution in [-0.2, 0) is 17.9 Å². The Balaban J connectivity index is 1.45. The number of nitrogens with one attached hydrogen (secondary N) is 1. The van der Waals surface area contributed by atoms with E-state index in [0.717, 1.165) is 38.6 Å². The molecule has 2 aliphatic rings. The highest BCUT2D eigenvalue weighted by Gasteiger charge is 2.35. The Morgan fingerprint density at radius 1 is 1.04 bits per heavy atom. The summed E-state index contributed by atoms with van der Waals surface area (Å²) in [7, 11) is 0. The lowest BCUT2D eigenvalue weighted by molar-refractivity contribution is 0.121. The van der Waals surface area contributed by atoms with Gasteiger partial charge in [-0.1, -0.05) is 48.5 Å². The number of piperazine rings is 1. The third kappa shape index (κ3) is 3.46. The lowest BCUT2D eigenvalue weighted by atomic mass is 10.1. The van der Waals surface area contributed by atoms with Gasteiger partial charge in [-0.2, -0.15) is 0 Å². The van der Waals surface area contributed by atoms with E-state index in [1.165, 1.54) is 11.1 Å². The zero-order valence-electron chi connectivity index (χ0n) is 13.9. The first kappa shape index (κ1) is 15.6. The highest BCUT2D eigenvalue weighted by molar-refractivity contribution is 5.33. The first-order valence-corrected chi connectivity index (χ1v) is 8.70. The molecule has 0 unspecified atom stereocenters. The third-order valence-electron chi connectivity index (χ3n) is 4.91. The molecular formula is C20H24N2O2. The van der Waals surface area contributed by atoms with Crippen LogP contribution in [0.2, 0.25) is 0 Å². The second kappa shape index (κ2) is 7.34. The molecule has 1 N–H and O–H groups in total. The molecule has 0 saturated carbocycles. The van der Waals surface area contributed by atoms with Crippen LogP contribution < -0.4 is 10.1 Å². The largest absolute Gasteiger partial charge is 0.489 e. The number of rotatable bonds is 5. The summed E-state index contributed by atoms with van der Waals surface area (Å²) in [5, 5.41) is 3.56. The monoisotopic (exact) mass is 324 g/mol. The van der Waals surface area contributed by atoms with Gasteiger partial charge in [0.1, 0.15) is 12.4 Å². The molecule has 0 aromatic heterocycles. The smallest absolute Gasteiger partial charge is 0.124 e. The Morgan fingerprint density at radius 3 is 2.79 bits per heavy atom. The van der Waals surface area contributed by atoms with E-state index >= 15 is 0 Å². The van der Waals surface area contributed by atoms with Crippen molar-refractivity contribution in [2.45, 2.75) is 25.2 Å². The van der Waals surface area contributed by atoms with Crippen LogP contribution in [0.1, 0.15) is 11.1 Å². The average molecular weight is 324 g/mol. The standard InChI is InChI=1S/C20H24N2O2/c1-2-6-16(7-3-1)13-24-20-9-5-4-8-17(20)12-22-11-10-21-18-14-23-15-19(18)22/h1-9,18-19,21H,10-15H2/t18-,19+/m1/s1. The van der Waals surface area contributed by atoms with Crippen LogP contribution in [0.3, 0.4) is 0 Å². The van der Waals surface area contributed by atoms with Crippen LogP contribution in [-0.4, -0.2) is 43.3 Å². The summed E-state index contributed by atoms with van der Waals surface area (Å²) in [5.41, 5.74) is 2.44. The average Bonchev–Trinajstić information content (AvgIpc) is 3.12. The molecule has 2 saturated heterocycles. The molecule has 0 bridgehead atoms. The quantitative estimate of drug-likeness (QED) is 0.916. The summed E-state index contributed by atoms with van der Waals surface area (Å²) >= 11 is 0. The highest BCUT2D eigenvalue weighted by atomic mass is 16.5. The third-order valence-corrected chi connectivity index (χ3v) is 4.91. The summed E-state index contributed by atoms with van der Waals surface area (Å²) < 4.78 is 11.8. The Labute approximate surface area is 143 Å². The molecule has 2 atom stereocenters. The number of hydrogen-bond donors (Lipinski definition) is 1. The van der Waals surface area contributed by atoms with Gasteiger partial charge in [-0.15, -0.1) is 0 Å². The maximum absolute atomic E-state index is 6.10. The summed E-state index contributed by atoms with van der Waals surface area (Å²) in [5.74, 6) is 0.982. The number of fused-ring (bicyclic) bond motifs is 1. The van der Waals surface area contributed by atoms with Gasteiger partial charge in [0.2, 0.25) is 0 Å². The summed E-state index contributed by atoms with van der Waals surface area (Å²) in [6, 6.07) is 19.6. The predicted octanol–water partition coefficient (Wildman–Crippen LogP) is 2.44. The maximum Gasteiger partial charge on any atom is 0.124 e. The van der Waals surface area contributed by atoms with E-state index in [4.69, 9.17) is 9.47 Å². The van der Waals surface area contributed by atoms with Crippen LogP contribution >= 0.6 is 0 Å². The van der Waals surface area contributed by atoms with Gasteiger partial charge in [0.05, 0.1) is 19.3 Å². The molecule has 0 aliphatic carbocycles. The van der Waals surface area contributed by atoms with Gasteiger partial charge < -0.3 is 14.8 Å². The van der Waals surface area contributed by atoms with Gasteiger partial charge in [-0.25, -0.2) is 0 Å². The van der Waals surface area contributed by atoms with Gasteiger partial charge in [0.15, 0.2) is 0 Å². The summed E-state index contributed by atoms with van der Waals surface area (Å²) in [6.07, 6.45) is 0. The molecular weight excluding hydrogens is 300 g/mol. The fraction of sp³-hybridized carbons (Fsp3) is 0.400. The molecule has 0 spiro atoms. The second-order valence-electron chi connectivity index (χ2n) is 6.52. The number of benzene rings is 2. The predicted molar refractivity (Wildman–Crippen MR) is 94.0 cm³/mol. The van der Waals surface area contributed by atoms with E-state index in [2.05, 4.69) is 40.5 Å². The van der Waals surface area contributed by atoms with Crippen molar-refractivity contribution in [1.29, 1.82) is 0 Å². The van der Waals surface area contributed by atoms with Crippen molar-refractivity contribution in [3.63, 3.8) is 0 Å². The van der Waals surface area contributed by atoms with E-state index in [1.54, 1.807) is 0 Å². The molecule has 2 heterocycles. The Morgan fingerprint density at radius 2 is 1.88 bits per heavy atom. The molecule has 0 radical (unpaired) electrons. The molecule has 2 aromatic rings. The summed E-state index contributed by atoms with van der Waals surface area (Å²) in [4.78, 5) is 2.53. The van der Waals surface area contributed by atoms with Crippen LogP contribution in [0.25, 0.3) is 0 Å². The molecule has 2 aromatic carbocycles. The van der Waals surface area contributed by atoms with Crippen molar-refractivity contribution in [2.24, 2.45) is 0 Å². The Kier molecular flexibility index (Phi) is 4.78. The first-order chi connectivity index (χ1) is 11.9. The van der Waals surface area contributed by atoms with Gasteiger partial charge in [-0.3, -0.25) is 4.90 Å². The van der Waals surface area contributed by atoms with Crippen molar-refractivity contribution in [2.75, 3.05) is 26.3 Å². The molecule has 4 heteroatoms. The normalized spacial score (nSPS) is 23.8. The molecule has 2 aliphatic heterocycles. The van der Waals surface area contributed by atoms with E-state index in [1.807, 2.05) is 24.3 Å². The van der Waals surface area contributed by atoms with E-state index in [-0.39, 0.29) is 0 Å². The zero-order valence-corrected chi connectivity index (χ0v) is 13.9. The van der Waals surface area contributed by atoms with E-state index in [9.17, 15) is 0 Å². The van der Waals surface area contributed by atoms with Crippen molar-refractivity contribution in [3.8, 4) is 5.75 Å². The van der Waals surface area contributed by atoms with Crippen LogP contribution in [0.4, 0.5) is 0 Å². The minimum Gasteiger partial charge on any atom is -0.489 e. The van der Waals surface area contributed by atoms with Gasteiger partial charge in [0.25, 0.3) is 0 Å². The van der Waals surface area contributed by atoms with Crippen LogP contribution in [0.5, 0.6) is 5.75 Å². The SMILES string of the molecule is c1ccc(COc2ccccc2CN2CCN[C@@H]3COC[C@@H]32)cc1. The lowest BCUT2D eigenvalue weighted by Crippen LogP contribution is -2.56. The number of ether oxygens (including phenoxy) is 2. The minimum atomic E-state index is 0.469. The van der Waals surface area contributed by atoms with Crippen LogP contribution in [0, 0.1) is 0 Å². The van der Waals surface area contributed by atoms with Crippen LogP contribution in [0.15, 0.2) is 54.6 Å². The van der Waals surface area contributed by atoms with Crippen molar-refractivity contribution < 1.29 is 9.47 Å². The molecule has 2 fully saturated rings. The first-order valence-electron chi connectivity index (χ1n) is 8.70. The lowest BCUT2D eigenvalue weighted by Gasteiger charge is -2.37. The fourth-order valence-corrected chi connectivity index (χ4v) is 3.58. The summed E-state index contributed by atoms with van der Waals surface area (Å²) in [6.45, 7) is 5.25. The van der Waals surface area contributed by atoms with Crippen molar-refractivity contribution in [3.05, 3.63) is 65.7 Å². The maximum atomic E-state index is 6.10. The topological polar surface area (TPSA) is 33.7 Å². The van der Waals surface area contributed by atoms with Crippen molar-refractivity contribution in [1.82, 2.24) is 10.2 Å². The van der Waals surface area contributed by atoms with E-state index < -0.39 is 0 Å².